The topological polar surface area (TPSA) is 85.6 Å². The van der Waals surface area contributed by atoms with Gasteiger partial charge in [0.1, 0.15) is 10.8 Å². The van der Waals surface area contributed by atoms with Crippen molar-refractivity contribution in [2.75, 3.05) is 18.2 Å². The van der Waals surface area contributed by atoms with E-state index in [0.29, 0.717) is 33.8 Å². The minimum atomic E-state index is -0.190. The van der Waals surface area contributed by atoms with Gasteiger partial charge in [0.2, 0.25) is 10.9 Å². The lowest BCUT2D eigenvalue weighted by atomic mass is 10.1. The van der Waals surface area contributed by atoms with E-state index < -0.39 is 0 Å². The van der Waals surface area contributed by atoms with Crippen LogP contribution in [-0.4, -0.2) is 33.4 Å². The number of rotatable bonds is 8. The van der Waals surface area contributed by atoms with E-state index in [-0.39, 0.29) is 17.2 Å². The minimum Gasteiger partial charge on any atom is -0.495 e. The molecule has 9 heteroatoms. The molecule has 1 aromatic carbocycles. The number of nitrogens with zero attached hydrogens (tertiary/aromatic N) is 3. The number of nitrogens with one attached hydrogen (secondary N) is 1. The van der Waals surface area contributed by atoms with Crippen LogP contribution < -0.4 is 15.6 Å². The summed E-state index contributed by atoms with van der Waals surface area (Å²) in [5.41, 5.74) is 1.10. The summed E-state index contributed by atoms with van der Waals surface area (Å²) in [5.74, 6) is 1.67. The summed E-state index contributed by atoms with van der Waals surface area (Å²) in [7, 11) is 1.56. The van der Waals surface area contributed by atoms with E-state index in [9.17, 15) is 9.59 Å². The molecule has 0 radical (unpaired) electrons. The number of para-hydroxylation sites is 2. The molecule has 1 N–H and O–H groups in total. The van der Waals surface area contributed by atoms with Crippen molar-refractivity contribution in [2.24, 2.45) is 5.92 Å². The molecule has 0 aliphatic heterocycles. The van der Waals surface area contributed by atoms with E-state index in [0.717, 1.165) is 11.4 Å². The molecular weight excluding hydrogens is 396 g/mol. The maximum absolute atomic E-state index is 12.3. The van der Waals surface area contributed by atoms with Crippen molar-refractivity contribution in [3.05, 3.63) is 51.4 Å². The van der Waals surface area contributed by atoms with Gasteiger partial charge in [-0.1, -0.05) is 37.3 Å². The molecule has 0 aliphatic rings. The molecule has 0 atom stereocenters. The predicted molar refractivity (Wildman–Crippen MR) is 113 cm³/mol. The number of carbonyl (C=O) groups is 1. The van der Waals surface area contributed by atoms with Crippen LogP contribution in [0.25, 0.3) is 4.96 Å². The second-order valence-corrected chi connectivity index (χ2v) is 8.64. The highest BCUT2D eigenvalue weighted by molar-refractivity contribution is 7.99. The van der Waals surface area contributed by atoms with Crippen LogP contribution in [0, 0.1) is 5.92 Å². The summed E-state index contributed by atoms with van der Waals surface area (Å²) < 4.78 is 6.58. The smallest absolute Gasteiger partial charge is 0.275 e. The summed E-state index contributed by atoms with van der Waals surface area (Å²) in [4.78, 5) is 29.6. The predicted octanol–water partition coefficient (Wildman–Crippen LogP) is 3.23. The Hall–Kier alpha value is -2.39. The van der Waals surface area contributed by atoms with Gasteiger partial charge in [-0.3, -0.25) is 9.59 Å². The third kappa shape index (κ3) is 5.11. The molecule has 0 aliphatic carbocycles. The first kappa shape index (κ1) is 20.3. The fourth-order valence-electron chi connectivity index (χ4n) is 2.58. The van der Waals surface area contributed by atoms with Gasteiger partial charge in [0, 0.05) is 18.2 Å². The lowest BCUT2D eigenvalue weighted by Gasteiger charge is -2.09. The first-order valence-corrected chi connectivity index (χ1v) is 10.8. The Labute approximate surface area is 171 Å². The zero-order chi connectivity index (χ0) is 20.1. The molecular formula is C19H22N4O3S2. The molecule has 0 saturated carbocycles. The number of carbonyl (C=O) groups excluding carboxylic acids is 1. The van der Waals surface area contributed by atoms with Crippen molar-refractivity contribution in [1.82, 2.24) is 14.6 Å². The van der Waals surface area contributed by atoms with Crippen LogP contribution >= 0.6 is 23.1 Å². The van der Waals surface area contributed by atoms with Gasteiger partial charge in [-0.25, -0.2) is 4.98 Å². The molecule has 2 aromatic heterocycles. The minimum absolute atomic E-state index is 0.135. The Balaban J connectivity index is 1.60. The fourth-order valence-corrected chi connectivity index (χ4v) is 4.43. The standard InChI is InChI=1S/C19H22N4O3S2/c1-12(2)8-17-22-23-18(25)9-13(20-19(23)28-17)10-27-11-16(24)21-14-6-4-5-7-15(14)26-3/h4-7,9,12H,8,10-11H2,1-3H3,(H,21,24). The SMILES string of the molecule is COc1ccccc1NC(=O)CSCc1cc(=O)n2nc(CC(C)C)sc2n1. The molecule has 148 valence electrons. The van der Waals surface area contributed by atoms with Crippen LogP contribution in [0.1, 0.15) is 24.5 Å². The van der Waals surface area contributed by atoms with Crippen molar-refractivity contribution in [2.45, 2.75) is 26.0 Å². The molecule has 7 nitrogen and oxygen atoms in total. The first-order valence-electron chi connectivity index (χ1n) is 8.85. The quantitative estimate of drug-likeness (QED) is 0.604. The van der Waals surface area contributed by atoms with Crippen LogP contribution in [0.15, 0.2) is 35.1 Å². The number of hydrogen-bond acceptors (Lipinski definition) is 7. The van der Waals surface area contributed by atoms with Gasteiger partial charge < -0.3 is 10.1 Å². The summed E-state index contributed by atoms with van der Waals surface area (Å²) in [6.07, 6.45) is 0.820. The van der Waals surface area contributed by atoms with Crippen LogP contribution in [-0.2, 0) is 17.0 Å². The van der Waals surface area contributed by atoms with Crippen molar-refractivity contribution in [3.63, 3.8) is 0 Å². The zero-order valence-electron chi connectivity index (χ0n) is 16.0. The van der Waals surface area contributed by atoms with Crippen LogP contribution in [0.2, 0.25) is 0 Å². The summed E-state index contributed by atoms with van der Waals surface area (Å²) in [6, 6.07) is 8.74. The molecule has 0 fully saturated rings. The molecule has 28 heavy (non-hydrogen) atoms. The first-order chi connectivity index (χ1) is 13.5. The van der Waals surface area contributed by atoms with E-state index in [1.165, 1.54) is 33.7 Å². The van der Waals surface area contributed by atoms with Gasteiger partial charge in [-0.15, -0.1) is 11.8 Å². The Morgan fingerprint density at radius 2 is 2.14 bits per heavy atom. The molecule has 3 aromatic rings. The Kier molecular flexibility index (Phi) is 6.69. The molecule has 0 spiro atoms. The number of ether oxygens (including phenoxy) is 1. The molecule has 3 rings (SSSR count). The molecule has 0 saturated heterocycles. The number of thioether (sulfide) groups is 1. The lowest BCUT2D eigenvalue weighted by molar-refractivity contribution is -0.113. The van der Waals surface area contributed by atoms with Gasteiger partial charge in [0.25, 0.3) is 5.56 Å². The average Bonchev–Trinajstić information content (AvgIpc) is 3.04. The monoisotopic (exact) mass is 418 g/mol. The van der Waals surface area contributed by atoms with Gasteiger partial charge >= 0.3 is 0 Å². The van der Waals surface area contributed by atoms with Crippen molar-refractivity contribution in [3.8, 4) is 5.75 Å². The third-order valence-corrected chi connectivity index (χ3v) is 5.68. The fraction of sp³-hybridized carbons (Fsp3) is 0.368. The Bertz CT molecular complexity index is 1030. The van der Waals surface area contributed by atoms with E-state index in [1.54, 1.807) is 19.2 Å². The van der Waals surface area contributed by atoms with Crippen molar-refractivity contribution >= 4 is 39.7 Å². The highest BCUT2D eigenvalue weighted by Crippen LogP contribution is 2.23. The van der Waals surface area contributed by atoms with Crippen LogP contribution in [0.4, 0.5) is 5.69 Å². The lowest BCUT2D eigenvalue weighted by Crippen LogP contribution is -2.16. The molecule has 2 heterocycles. The maximum atomic E-state index is 12.3. The van der Waals surface area contributed by atoms with E-state index >= 15 is 0 Å². The van der Waals surface area contributed by atoms with Gasteiger partial charge in [-0.2, -0.15) is 9.61 Å². The largest absolute Gasteiger partial charge is 0.495 e. The average molecular weight is 419 g/mol. The summed E-state index contributed by atoms with van der Waals surface area (Å²) in [5, 5.41) is 8.08. The number of aromatic nitrogens is 3. The van der Waals surface area contributed by atoms with E-state index in [2.05, 4.69) is 29.2 Å². The third-order valence-electron chi connectivity index (χ3n) is 3.79. The number of amides is 1. The van der Waals surface area contributed by atoms with Crippen LogP contribution in [0.5, 0.6) is 5.75 Å². The number of benzene rings is 1. The number of hydrogen-bond donors (Lipinski definition) is 1. The number of methoxy groups -OCH3 is 1. The highest BCUT2D eigenvalue weighted by atomic mass is 32.2. The molecule has 0 bridgehead atoms. The highest BCUT2D eigenvalue weighted by Gasteiger charge is 2.11. The maximum Gasteiger partial charge on any atom is 0.275 e. The Morgan fingerprint density at radius 3 is 2.89 bits per heavy atom. The molecule has 0 unspecified atom stereocenters. The van der Waals surface area contributed by atoms with E-state index in [4.69, 9.17) is 4.74 Å². The van der Waals surface area contributed by atoms with Crippen molar-refractivity contribution in [1.29, 1.82) is 0 Å². The normalized spacial score (nSPS) is 11.1. The van der Waals surface area contributed by atoms with Crippen LogP contribution in [0.3, 0.4) is 0 Å². The van der Waals surface area contributed by atoms with Crippen molar-refractivity contribution < 1.29 is 9.53 Å². The Morgan fingerprint density at radius 1 is 1.36 bits per heavy atom. The summed E-state index contributed by atoms with van der Waals surface area (Å²) >= 11 is 2.84. The number of anilines is 1. The summed E-state index contributed by atoms with van der Waals surface area (Å²) in [6.45, 7) is 4.22. The van der Waals surface area contributed by atoms with Gasteiger partial charge in [0.15, 0.2) is 0 Å². The number of fused-ring (bicyclic) bond motifs is 1. The second-order valence-electron chi connectivity index (χ2n) is 6.62. The zero-order valence-corrected chi connectivity index (χ0v) is 17.6. The second kappa shape index (κ2) is 9.20. The van der Waals surface area contributed by atoms with E-state index in [1.807, 2.05) is 12.1 Å². The van der Waals surface area contributed by atoms with Gasteiger partial charge in [-0.05, 0) is 18.1 Å². The molecule has 1 amide bonds. The van der Waals surface area contributed by atoms with Gasteiger partial charge in [0.05, 0.1) is 24.2 Å².